The molecule has 2 rings (SSSR count). The quantitative estimate of drug-likeness (QED) is 0.344. The molecule has 1 aliphatic heterocycles. The molecule has 152 valence electrons. The Labute approximate surface area is 174 Å². The summed E-state index contributed by atoms with van der Waals surface area (Å²) in [5.74, 6) is 0.509. The van der Waals surface area contributed by atoms with Gasteiger partial charge in [-0.3, -0.25) is 4.79 Å². The Kier molecular flexibility index (Phi) is 9.89. The summed E-state index contributed by atoms with van der Waals surface area (Å²) in [7, 11) is 0. The van der Waals surface area contributed by atoms with Gasteiger partial charge in [-0.05, 0) is 24.5 Å². The minimum atomic E-state index is -4.20. The molecule has 5 nitrogen and oxygen atoms in total. The van der Waals surface area contributed by atoms with E-state index in [-0.39, 0.29) is 36.4 Å². The van der Waals surface area contributed by atoms with Crippen molar-refractivity contribution in [1.29, 1.82) is 0 Å². The van der Waals surface area contributed by atoms with Gasteiger partial charge in [0.05, 0.1) is 13.0 Å². The molecule has 1 fully saturated rings. The van der Waals surface area contributed by atoms with Gasteiger partial charge in [0.25, 0.3) is 0 Å². The number of benzene rings is 1. The van der Waals surface area contributed by atoms with Gasteiger partial charge < -0.3 is 15.5 Å². The Morgan fingerprint density at radius 3 is 2.52 bits per heavy atom. The number of carbonyl (C=O) groups is 1. The molecule has 0 atom stereocenters. The first-order valence-electron chi connectivity index (χ1n) is 8.82. The number of hydrogen-bond acceptors (Lipinski definition) is 2. The predicted octanol–water partition coefficient (Wildman–Crippen LogP) is 3.43. The van der Waals surface area contributed by atoms with Gasteiger partial charge in [-0.15, -0.1) is 24.0 Å². The summed E-state index contributed by atoms with van der Waals surface area (Å²) in [5.41, 5.74) is 1.97. The fraction of sp³-hybridized carbons (Fsp3) is 0.556. The summed E-state index contributed by atoms with van der Waals surface area (Å²) >= 11 is 0. The molecule has 1 saturated heterocycles. The zero-order valence-corrected chi connectivity index (χ0v) is 17.6. The summed E-state index contributed by atoms with van der Waals surface area (Å²) in [6, 6.07) is 7.69. The second kappa shape index (κ2) is 11.4. The predicted molar refractivity (Wildman–Crippen MR) is 110 cm³/mol. The fourth-order valence-corrected chi connectivity index (χ4v) is 2.77. The monoisotopic (exact) mass is 498 g/mol. The first kappa shape index (κ1) is 23.5. The van der Waals surface area contributed by atoms with Crippen molar-refractivity contribution in [2.45, 2.75) is 45.5 Å². The molecule has 27 heavy (non-hydrogen) atoms. The van der Waals surface area contributed by atoms with Gasteiger partial charge in [0.15, 0.2) is 5.96 Å². The highest BCUT2D eigenvalue weighted by atomic mass is 127. The number of nitrogens with one attached hydrogen (secondary N) is 2. The maximum absolute atomic E-state index is 12.3. The molecule has 2 N–H and O–H groups in total. The molecule has 0 aliphatic carbocycles. The Balaban J connectivity index is 0.00000364. The molecule has 1 heterocycles. The lowest BCUT2D eigenvalue weighted by atomic mass is 10.1. The molecule has 1 aromatic rings. The van der Waals surface area contributed by atoms with Gasteiger partial charge in [-0.2, -0.15) is 13.2 Å². The van der Waals surface area contributed by atoms with E-state index in [9.17, 15) is 18.0 Å². The van der Waals surface area contributed by atoms with E-state index in [1.165, 1.54) is 0 Å². The van der Waals surface area contributed by atoms with Gasteiger partial charge in [-0.1, -0.05) is 24.3 Å². The van der Waals surface area contributed by atoms with Gasteiger partial charge in [0, 0.05) is 32.6 Å². The van der Waals surface area contributed by atoms with Crippen molar-refractivity contribution in [3.05, 3.63) is 35.4 Å². The van der Waals surface area contributed by atoms with Crippen LogP contribution in [0.25, 0.3) is 0 Å². The van der Waals surface area contributed by atoms with Crippen LogP contribution in [0.15, 0.2) is 29.3 Å². The number of rotatable bonds is 7. The Hall–Kier alpha value is -1.52. The van der Waals surface area contributed by atoms with Crippen molar-refractivity contribution in [3.8, 4) is 0 Å². The van der Waals surface area contributed by atoms with Crippen LogP contribution in [0.2, 0.25) is 0 Å². The molecular formula is C18H26F3IN4O. The van der Waals surface area contributed by atoms with Crippen molar-refractivity contribution in [3.63, 3.8) is 0 Å². The molecule has 0 radical (unpaired) electrons. The van der Waals surface area contributed by atoms with Crippen LogP contribution in [0.5, 0.6) is 0 Å². The molecule has 1 amide bonds. The number of halogens is 4. The number of aliphatic imine (C=N–C) groups is 1. The van der Waals surface area contributed by atoms with Crippen molar-refractivity contribution in [2.75, 3.05) is 19.6 Å². The number of likely N-dealkylation sites (tertiary alicyclic amines) is 1. The molecule has 0 unspecified atom stereocenters. The van der Waals surface area contributed by atoms with Crippen LogP contribution in [0.3, 0.4) is 0 Å². The van der Waals surface area contributed by atoms with Crippen LogP contribution in [0, 0.1) is 0 Å². The second-order valence-electron chi connectivity index (χ2n) is 6.17. The largest absolute Gasteiger partial charge is 0.390 e. The smallest absolute Gasteiger partial charge is 0.357 e. The van der Waals surface area contributed by atoms with Crippen LogP contribution in [0.1, 0.15) is 37.3 Å². The number of guanidine groups is 1. The number of hydrogen-bond donors (Lipinski definition) is 2. The Morgan fingerprint density at radius 2 is 1.93 bits per heavy atom. The minimum Gasteiger partial charge on any atom is -0.357 e. The number of carbonyl (C=O) groups excluding carboxylic acids is 1. The molecule has 1 aliphatic rings. The zero-order valence-electron chi connectivity index (χ0n) is 15.3. The summed E-state index contributed by atoms with van der Waals surface area (Å²) in [4.78, 5) is 18.0. The van der Waals surface area contributed by atoms with Crippen LogP contribution in [-0.2, 0) is 17.9 Å². The molecule has 0 spiro atoms. The second-order valence-corrected chi connectivity index (χ2v) is 6.17. The van der Waals surface area contributed by atoms with E-state index in [4.69, 9.17) is 0 Å². The van der Waals surface area contributed by atoms with E-state index < -0.39 is 12.6 Å². The van der Waals surface area contributed by atoms with Gasteiger partial charge >= 0.3 is 6.18 Å². The first-order chi connectivity index (χ1) is 12.4. The van der Waals surface area contributed by atoms with Crippen molar-refractivity contribution < 1.29 is 18.0 Å². The molecule has 9 heteroatoms. The summed E-state index contributed by atoms with van der Waals surface area (Å²) < 4.78 is 36.9. The zero-order chi connectivity index (χ0) is 19.0. The third-order valence-corrected chi connectivity index (χ3v) is 4.10. The summed E-state index contributed by atoms with van der Waals surface area (Å²) in [5, 5.41) is 5.65. The van der Waals surface area contributed by atoms with Crippen molar-refractivity contribution in [2.24, 2.45) is 4.99 Å². The van der Waals surface area contributed by atoms with Crippen LogP contribution >= 0.6 is 24.0 Å². The maximum Gasteiger partial charge on any atom is 0.390 e. The average molecular weight is 498 g/mol. The molecular weight excluding hydrogens is 472 g/mol. The maximum atomic E-state index is 12.3. The van der Waals surface area contributed by atoms with E-state index in [1.54, 1.807) is 0 Å². The van der Waals surface area contributed by atoms with Gasteiger partial charge in [0.1, 0.15) is 0 Å². The minimum absolute atomic E-state index is 0. The highest BCUT2D eigenvalue weighted by Gasteiger charge is 2.26. The highest BCUT2D eigenvalue weighted by Crippen LogP contribution is 2.19. The van der Waals surface area contributed by atoms with E-state index in [2.05, 4.69) is 15.6 Å². The topological polar surface area (TPSA) is 56.7 Å². The van der Waals surface area contributed by atoms with Gasteiger partial charge in [0.2, 0.25) is 5.91 Å². The van der Waals surface area contributed by atoms with E-state index in [1.807, 2.05) is 36.1 Å². The number of nitrogens with zero attached hydrogens (tertiary/aromatic N) is 2. The first-order valence-corrected chi connectivity index (χ1v) is 8.82. The SMILES string of the molecule is CCNC(=NCc1ccccc1CN1CCCC1=O)NCCC(F)(F)F.I. The molecule has 0 aromatic heterocycles. The van der Waals surface area contributed by atoms with Crippen LogP contribution < -0.4 is 10.6 Å². The lowest BCUT2D eigenvalue weighted by Crippen LogP contribution is -2.38. The summed E-state index contributed by atoms with van der Waals surface area (Å²) in [6.45, 7) is 3.83. The van der Waals surface area contributed by atoms with Crippen molar-refractivity contribution in [1.82, 2.24) is 15.5 Å². The lowest BCUT2D eigenvalue weighted by molar-refractivity contribution is -0.133. The third-order valence-electron chi connectivity index (χ3n) is 4.10. The molecule has 0 bridgehead atoms. The number of alkyl halides is 3. The van der Waals surface area contributed by atoms with Gasteiger partial charge in [-0.25, -0.2) is 4.99 Å². The van der Waals surface area contributed by atoms with Crippen LogP contribution in [-0.4, -0.2) is 42.6 Å². The van der Waals surface area contributed by atoms with E-state index in [0.717, 1.165) is 24.1 Å². The molecule has 0 saturated carbocycles. The standard InChI is InChI=1S/C18H25F3N4O.HI/c1-2-22-17(23-10-9-18(19,20)21)24-12-14-6-3-4-7-15(14)13-25-11-5-8-16(25)26;/h3-4,6-7H,2,5,8-13H2,1H3,(H2,22,23,24);1H. The van der Waals surface area contributed by atoms with E-state index >= 15 is 0 Å². The third kappa shape index (κ3) is 8.35. The lowest BCUT2D eigenvalue weighted by Gasteiger charge is -2.18. The number of amides is 1. The fourth-order valence-electron chi connectivity index (χ4n) is 2.77. The normalized spacial score (nSPS) is 14.9. The van der Waals surface area contributed by atoms with Crippen molar-refractivity contribution >= 4 is 35.8 Å². The molecule has 1 aromatic carbocycles. The Bertz CT molecular complexity index is 637. The Morgan fingerprint density at radius 1 is 1.22 bits per heavy atom. The average Bonchev–Trinajstić information content (AvgIpc) is 2.97. The van der Waals surface area contributed by atoms with E-state index in [0.29, 0.717) is 32.0 Å². The summed E-state index contributed by atoms with van der Waals surface area (Å²) in [6.07, 6.45) is -3.63. The highest BCUT2D eigenvalue weighted by molar-refractivity contribution is 14.0. The van der Waals surface area contributed by atoms with Crippen LogP contribution in [0.4, 0.5) is 13.2 Å².